The molecule has 1 heterocycles. The number of nitrogens with zero attached hydrogens (tertiary/aromatic N) is 1. The van der Waals surface area contributed by atoms with E-state index in [1.54, 1.807) is 0 Å². The number of likely N-dealkylation sites (tertiary alicyclic amines) is 1. The van der Waals surface area contributed by atoms with Crippen LogP contribution in [0.4, 0.5) is 0 Å². The molecule has 0 bridgehead atoms. The Kier molecular flexibility index (Phi) is 4.59. The third-order valence-corrected chi connectivity index (χ3v) is 3.62. The average Bonchev–Trinajstić information content (AvgIpc) is 2.39. The van der Waals surface area contributed by atoms with Crippen molar-refractivity contribution >= 4 is 5.97 Å². The van der Waals surface area contributed by atoms with Gasteiger partial charge >= 0.3 is 5.97 Å². The standard InChI is InChI=1S/C16H19NO2/c1-13-12-17(11-9-15(13)16(18)19)10-5-8-14-6-3-2-4-7-14/h2-4,6-7,13,15H,9-12H2,1H3,(H,18,19). The lowest BCUT2D eigenvalue weighted by Crippen LogP contribution is -2.42. The summed E-state index contributed by atoms with van der Waals surface area (Å²) >= 11 is 0. The summed E-state index contributed by atoms with van der Waals surface area (Å²) in [6.45, 7) is 4.37. The molecule has 1 N–H and O–H groups in total. The first kappa shape index (κ1) is 13.6. The zero-order chi connectivity index (χ0) is 13.7. The third-order valence-electron chi connectivity index (χ3n) is 3.62. The molecular formula is C16H19NO2. The van der Waals surface area contributed by atoms with Crippen LogP contribution < -0.4 is 0 Å². The molecule has 100 valence electrons. The van der Waals surface area contributed by atoms with E-state index in [0.29, 0.717) is 6.54 Å². The average molecular weight is 257 g/mol. The molecular weight excluding hydrogens is 238 g/mol. The van der Waals surface area contributed by atoms with Gasteiger partial charge in [-0.05, 0) is 31.0 Å². The molecule has 3 heteroatoms. The van der Waals surface area contributed by atoms with Crippen molar-refractivity contribution in [2.24, 2.45) is 11.8 Å². The van der Waals surface area contributed by atoms with Crippen LogP contribution in [0.15, 0.2) is 30.3 Å². The largest absolute Gasteiger partial charge is 0.481 e. The normalized spacial score (nSPS) is 23.4. The van der Waals surface area contributed by atoms with E-state index in [-0.39, 0.29) is 11.8 Å². The van der Waals surface area contributed by atoms with Gasteiger partial charge in [0.15, 0.2) is 0 Å². The number of benzene rings is 1. The maximum Gasteiger partial charge on any atom is 0.306 e. The molecule has 2 unspecified atom stereocenters. The van der Waals surface area contributed by atoms with Crippen LogP contribution in [0.5, 0.6) is 0 Å². The fraction of sp³-hybridized carbons (Fsp3) is 0.438. The van der Waals surface area contributed by atoms with Gasteiger partial charge in [0.05, 0.1) is 12.5 Å². The quantitative estimate of drug-likeness (QED) is 0.825. The highest BCUT2D eigenvalue weighted by atomic mass is 16.4. The molecule has 19 heavy (non-hydrogen) atoms. The van der Waals surface area contributed by atoms with Gasteiger partial charge in [0, 0.05) is 12.1 Å². The first-order chi connectivity index (χ1) is 9.16. The number of rotatable bonds is 2. The van der Waals surface area contributed by atoms with E-state index in [2.05, 4.69) is 16.7 Å². The smallest absolute Gasteiger partial charge is 0.306 e. The summed E-state index contributed by atoms with van der Waals surface area (Å²) in [5.74, 6) is 5.64. The van der Waals surface area contributed by atoms with Gasteiger partial charge in [-0.1, -0.05) is 37.0 Å². The molecule has 0 aromatic heterocycles. The summed E-state index contributed by atoms with van der Waals surface area (Å²) in [6.07, 6.45) is 0.726. The van der Waals surface area contributed by atoms with Crippen molar-refractivity contribution in [1.29, 1.82) is 0 Å². The predicted octanol–water partition coefficient (Wildman–Crippen LogP) is 2.08. The lowest BCUT2D eigenvalue weighted by atomic mass is 9.87. The highest BCUT2D eigenvalue weighted by Gasteiger charge is 2.30. The maximum absolute atomic E-state index is 11.0. The Balaban J connectivity index is 1.86. The van der Waals surface area contributed by atoms with Gasteiger partial charge in [-0.3, -0.25) is 9.69 Å². The highest BCUT2D eigenvalue weighted by molar-refractivity contribution is 5.70. The van der Waals surface area contributed by atoms with Crippen LogP contribution in [0.2, 0.25) is 0 Å². The van der Waals surface area contributed by atoms with E-state index in [1.807, 2.05) is 37.3 Å². The molecule has 1 fully saturated rings. The third kappa shape index (κ3) is 3.84. The summed E-state index contributed by atoms with van der Waals surface area (Å²) in [4.78, 5) is 13.3. The second-order valence-electron chi connectivity index (χ2n) is 5.11. The Morgan fingerprint density at radius 2 is 2.16 bits per heavy atom. The van der Waals surface area contributed by atoms with Crippen molar-refractivity contribution in [2.75, 3.05) is 19.6 Å². The number of carboxylic acids is 1. The minimum atomic E-state index is -0.664. The van der Waals surface area contributed by atoms with E-state index in [4.69, 9.17) is 5.11 Å². The van der Waals surface area contributed by atoms with Crippen LogP contribution in [-0.4, -0.2) is 35.6 Å². The van der Waals surface area contributed by atoms with Gasteiger partial charge < -0.3 is 5.11 Å². The number of carboxylic acid groups (broad SMARTS) is 1. The van der Waals surface area contributed by atoms with Gasteiger partial charge in [-0.25, -0.2) is 0 Å². The number of piperidine rings is 1. The number of aliphatic carboxylic acids is 1. The van der Waals surface area contributed by atoms with E-state index < -0.39 is 5.97 Å². The Hall–Kier alpha value is -1.79. The minimum absolute atomic E-state index is 0.196. The predicted molar refractivity (Wildman–Crippen MR) is 74.7 cm³/mol. The molecule has 1 aromatic rings. The van der Waals surface area contributed by atoms with Crippen LogP contribution >= 0.6 is 0 Å². The van der Waals surface area contributed by atoms with Gasteiger partial charge in [-0.15, -0.1) is 0 Å². The van der Waals surface area contributed by atoms with Gasteiger partial charge in [0.2, 0.25) is 0 Å². The maximum atomic E-state index is 11.0. The summed E-state index contributed by atoms with van der Waals surface area (Å²) < 4.78 is 0. The summed E-state index contributed by atoms with van der Waals surface area (Å²) in [7, 11) is 0. The Bertz CT molecular complexity index is 486. The van der Waals surface area contributed by atoms with Crippen LogP contribution in [0.25, 0.3) is 0 Å². The number of hydrogen-bond acceptors (Lipinski definition) is 2. The fourth-order valence-electron chi connectivity index (χ4n) is 2.52. The summed E-state index contributed by atoms with van der Waals surface area (Å²) in [6, 6.07) is 9.91. The zero-order valence-corrected chi connectivity index (χ0v) is 11.2. The first-order valence-electron chi connectivity index (χ1n) is 6.66. The van der Waals surface area contributed by atoms with Crippen LogP contribution in [0.3, 0.4) is 0 Å². The first-order valence-corrected chi connectivity index (χ1v) is 6.66. The van der Waals surface area contributed by atoms with E-state index in [9.17, 15) is 4.79 Å². The van der Waals surface area contributed by atoms with E-state index in [0.717, 1.165) is 25.1 Å². The van der Waals surface area contributed by atoms with Gasteiger partial charge in [0.1, 0.15) is 0 Å². The second kappa shape index (κ2) is 6.40. The molecule has 1 aliphatic heterocycles. The number of carbonyl (C=O) groups is 1. The van der Waals surface area contributed by atoms with E-state index >= 15 is 0 Å². The molecule has 2 atom stereocenters. The van der Waals surface area contributed by atoms with Crippen molar-refractivity contribution in [2.45, 2.75) is 13.3 Å². The zero-order valence-electron chi connectivity index (χ0n) is 11.2. The van der Waals surface area contributed by atoms with Crippen molar-refractivity contribution in [3.05, 3.63) is 35.9 Å². The second-order valence-corrected chi connectivity index (χ2v) is 5.11. The highest BCUT2D eigenvalue weighted by Crippen LogP contribution is 2.22. The SMILES string of the molecule is CC1CN(CC#Cc2ccccc2)CCC1C(=O)O. The topological polar surface area (TPSA) is 40.5 Å². The van der Waals surface area contributed by atoms with Crippen molar-refractivity contribution in [1.82, 2.24) is 4.90 Å². The molecule has 0 aliphatic carbocycles. The van der Waals surface area contributed by atoms with Crippen LogP contribution in [-0.2, 0) is 4.79 Å². The fourth-order valence-corrected chi connectivity index (χ4v) is 2.52. The van der Waals surface area contributed by atoms with Crippen LogP contribution in [0.1, 0.15) is 18.9 Å². The summed E-state index contributed by atoms with van der Waals surface area (Å²) in [5, 5.41) is 9.07. The molecule has 1 saturated heterocycles. The number of hydrogen-bond donors (Lipinski definition) is 1. The molecule has 0 amide bonds. The lowest BCUT2D eigenvalue weighted by Gasteiger charge is -2.33. The summed E-state index contributed by atoms with van der Waals surface area (Å²) in [5.41, 5.74) is 1.02. The Labute approximate surface area is 114 Å². The van der Waals surface area contributed by atoms with Crippen molar-refractivity contribution < 1.29 is 9.90 Å². The molecule has 0 spiro atoms. The van der Waals surface area contributed by atoms with Crippen molar-refractivity contribution in [3.8, 4) is 11.8 Å². The minimum Gasteiger partial charge on any atom is -0.481 e. The Morgan fingerprint density at radius 1 is 1.42 bits per heavy atom. The molecule has 0 radical (unpaired) electrons. The molecule has 2 rings (SSSR count). The van der Waals surface area contributed by atoms with Gasteiger partial charge in [-0.2, -0.15) is 0 Å². The van der Waals surface area contributed by atoms with Crippen molar-refractivity contribution in [3.63, 3.8) is 0 Å². The molecule has 1 aromatic carbocycles. The lowest BCUT2D eigenvalue weighted by molar-refractivity contribution is -0.145. The molecule has 0 saturated carbocycles. The molecule has 3 nitrogen and oxygen atoms in total. The van der Waals surface area contributed by atoms with E-state index in [1.165, 1.54) is 0 Å². The molecule has 1 aliphatic rings. The monoisotopic (exact) mass is 257 g/mol. The van der Waals surface area contributed by atoms with Gasteiger partial charge in [0.25, 0.3) is 0 Å². The van der Waals surface area contributed by atoms with Crippen LogP contribution in [0, 0.1) is 23.7 Å². The Morgan fingerprint density at radius 3 is 2.79 bits per heavy atom.